The molecule has 0 spiro atoms. The van der Waals surface area contributed by atoms with Gasteiger partial charge in [-0.25, -0.2) is 0 Å². The van der Waals surface area contributed by atoms with Crippen molar-refractivity contribution in [3.8, 4) is 0 Å². The molecule has 0 aliphatic heterocycles. The number of nitrogens with zero attached hydrogens (tertiary/aromatic N) is 1. The number of carbonyl (C=O) groups excluding carboxylic acids is 2. The van der Waals surface area contributed by atoms with Gasteiger partial charge in [-0.15, -0.1) is 0 Å². The highest BCUT2D eigenvalue weighted by atomic mass is 31.2. The normalized spacial score (nSPS) is 14.7. The highest BCUT2D eigenvalue weighted by Crippen LogP contribution is 2.38. The van der Waals surface area contributed by atoms with Crippen LogP contribution in [-0.2, 0) is 27.9 Å². The van der Waals surface area contributed by atoms with Crippen molar-refractivity contribution in [2.75, 3.05) is 40.9 Å². The first-order valence-electron chi connectivity index (χ1n) is 31.8. The first kappa shape index (κ1) is 76.6. The van der Waals surface area contributed by atoms with E-state index in [9.17, 15) is 19.0 Å². The zero-order valence-electron chi connectivity index (χ0n) is 52.2. The first-order valence-corrected chi connectivity index (χ1v) is 33.3. The Bertz CT molecular complexity index is 1940. The van der Waals surface area contributed by atoms with Gasteiger partial charge in [0.2, 0.25) is 5.91 Å². The van der Waals surface area contributed by atoms with Crippen LogP contribution in [0.5, 0.6) is 0 Å². The fraction of sp³-hybridized carbons (Fsp3) is 0.606. The van der Waals surface area contributed by atoms with Gasteiger partial charge in [-0.2, -0.15) is 0 Å². The molecule has 0 aliphatic rings. The van der Waals surface area contributed by atoms with Crippen LogP contribution in [0.2, 0.25) is 0 Å². The predicted octanol–water partition coefficient (Wildman–Crippen LogP) is 19.4. The lowest BCUT2D eigenvalue weighted by atomic mass is 10.0. The van der Waals surface area contributed by atoms with Crippen LogP contribution in [0.4, 0.5) is 0 Å². The monoisotopic (exact) mass is 1140 g/mol. The van der Waals surface area contributed by atoms with Crippen molar-refractivity contribution in [1.82, 2.24) is 5.32 Å². The number of hydrogen-bond acceptors (Lipinski definition) is 7. The molecule has 0 saturated heterocycles. The summed E-state index contributed by atoms with van der Waals surface area (Å²) in [6.45, 7) is 6.53. The van der Waals surface area contributed by atoms with E-state index < -0.39 is 32.5 Å². The van der Waals surface area contributed by atoms with Gasteiger partial charge in [-0.1, -0.05) is 237 Å². The lowest BCUT2D eigenvalue weighted by molar-refractivity contribution is -0.870. The van der Waals surface area contributed by atoms with E-state index in [2.05, 4.69) is 172 Å². The SMILES string of the molecule is CC/C=C\C/C=C\C/C=C\C/C=C\C/C=C\C/C=C\CCCCC(=O)NC(COP(=O)([O-])OCC[N+](C)(C)C)C(/C=C/CCCCCCCCCCCCC)OC(=O)CCCC/C=C\C/C=C\C/C=C\C/C=C\C/C=C\C/C=C\CC. The molecule has 0 aromatic rings. The molecule has 1 amide bonds. The number of allylic oxidation sites excluding steroid dienone is 25. The van der Waals surface area contributed by atoms with Gasteiger partial charge in [-0.05, 0) is 134 Å². The molecule has 0 rings (SSSR count). The highest BCUT2D eigenvalue weighted by molar-refractivity contribution is 7.45. The molecule has 0 radical (unpaired) electrons. The zero-order chi connectivity index (χ0) is 59.3. The number of phosphoric ester groups is 1. The Morgan fingerprint density at radius 1 is 0.444 bits per heavy atom. The summed E-state index contributed by atoms with van der Waals surface area (Å²) in [4.78, 5) is 40.0. The number of unbranched alkanes of at least 4 members (excludes halogenated alkanes) is 15. The van der Waals surface area contributed by atoms with Gasteiger partial charge in [-0.3, -0.25) is 14.2 Å². The molecule has 3 atom stereocenters. The number of nitrogens with one attached hydrogen (secondary N) is 1. The number of carbonyl (C=O) groups is 2. The van der Waals surface area contributed by atoms with Crippen molar-refractivity contribution < 1.29 is 37.3 Å². The molecule has 0 fully saturated rings. The molecule has 0 aromatic carbocycles. The van der Waals surface area contributed by atoms with E-state index in [0.29, 0.717) is 23.9 Å². The van der Waals surface area contributed by atoms with Crippen LogP contribution in [0, 0.1) is 0 Å². The van der Waals surface area contributed by atoms with E-state index in [1.54, 1.807) is 6.08 Å². The Morgan fingerprint density at radius 3 is 1.19 bits per heavy atom. The number of rotatable bonds is 55. The summed E-state index contributed by atoms with van der Waals surface area (Å²) >= 11 is 0. The lowest BCUT2D eigenvalue weighted by Gasteiger charge is -2.30. The second kappa shape index (κ2) is 58.8. The van der Waals surface area contributed by atoms with E-state index in [4.69, 9.17) is 13.8 Å². The number of hydrogen-bond donors (Lipinski definition) is 1. The summed E-state index contributed by atoms with van der Waals surface area (Å²) < 4.78 is 30.3. The standard InChI is InChI=1S/C71H117N2O7P/c1-7-10-13-16-19-22-25-28-30-32-34-36-38-40-42-45-48-51-54-57-60-63-70(74)72-68(67-79-81(76,77)78-66-65-73(4,5)6)69(62-59-56-53-50-47-44-27-24-21-18-15-12-9-3)80-71(75)64-61-58-55-52-49-46-43-41-39-37-35-33-31-29-26-23-20-17-14-11-8-2/h10-11,13-14,19-20,22-23,28-31,34-37,40-43,48-49,51-52,59,62,68-69H,7-9,12,15-18,21,24-27,32-33,38-39,44-47,50,53-58,60-61,63-67H2,1-6H3,(H-,72,74,76,77)/b13-10-,14-11-,22-19-,23-20-,30-28-,31-29-,36-34-,37-35-,42-40-,43-41-,51-48-,52-49-,62-59+. The third-order valence-corrected chi connectivity index (χ3v) is 13.9. The molecule has 10 heteroatoms. The Kier molecular flexibility index (Phi) is 55.6. The van der Waals surface area contributed by atoms with Crippen LogP contribution >= 0.6 is 7.82 Å². The van der Waals surface area contributed by atoms with Gasteiger partial charge in [0, 0.05) is 12.8 Å². The summed E-state index contributed by atoms with van der Waals surface area (Å²) in [5.74, 6) is -0.656. The zero-order valence-corrected chi connectivity index (χ0v) is 53.1. The molecule has 3 unspecified atom stereocenters. The smallest absolute Gasteiger partial charge is 0.306 e. The highest BCUT2D eigenvalue weighted by Gasteiger charge is 2.27. The maximum Gasteiger partial charge on any atom is 0.306 e. The largest absolute Gasteiger partial charge is 0.756 e. The van der Waals surface area contributed by atoms with E-state index in [0.717, 1.165) is 122 Å². The lowest BCUT2D eigenvalue weighted by Crippen LogP contribution is -2.47. The van der Waals surface area contributed by atoms with Crippen molar-refractivity contribution >= 4 is 19.7 Å². The number of ether oxygens (including phenoxy) is 1. The van der Waals surface area contributed by atoms with Gasteiger partial charge >= 0.3 is 5.97 Å². The van der Waals surface area contributed by atoms with E-state index in [1.165, 1.54) is 57.8 Å². The molecule has 0 aromatic heterocycles. The van der Waals surface area contributed by atoms with Crippen molar-refractivity contribution in [3.63, 3.8) is 0 Å². The summed E-state index contributed by atoms with van der Waals surface area (Å²) in [7, 11) is 1.10. The van der Waals surface area contributed by atoms with Crippen molar-refractivity contribution in [2.24, 2.45) is 0 Å². The molecular weight excluding hydrogens is 1020 g/mol. The van der Waals surface area contributed by atoms with Crippen molar-refractivity contribution in [1.29, 1.82) is 0 Å². The summed E-state index contributed by atoms with van der Waals surface area (Å²) in [6.07, 6.45) is 86.5. The average Bonchev–Trinajstić information content (AvgIpc) is 3.44. The Hall–Kier alpha value is -4.37. The van der Waals surface area contributed by atoms with Gasteiger partial charge < -0.3 is 28.5 Å². The molecule has 9 nitrogen and oxygen atoms in total. The minimum Gasteiger partial charge on any atom is -0.756 e. The molecule has 1 N–H and O–H groups in total. The Balaban J connectivity index is 5.45. The third kappa shape index (κ3) is 60.1. The minimum absolute atomic E-state index is 0.0477. The molecule has 0 saturated carbocycles. The van der Waals surface area contributed by atoms with Gasteiger partial charge in [0.05, 0.1) is 33.8 Å². The molecule has 0 bridgehead atoms. The molecule has 458 valence electrons. The second-order valence-electron chi connectivity index (χ2n) is 21.8. The number of likely N-dealkylation sites (N-methyl/N-ethyl adjacent to an activating group) is 1. The summed E-state index contributed by atoms with van der Waals surface area (Å²) in [5, 5.41) is 2.99. The van der Waals surface area contributed by atoms with Gasteiger partial charge in [0.25, 0.3) is 7.82 Å². The molecule has 81 heavy (non-hydrogen) atoms. The van der Waals surface area contributed by atoms with Crippen LogP contribution in [0.1, 0.15) is 226 Å². The minimum atomic E-state index is -4.74. The molecule has 0 heterocycles. The number of quaternary nitrogens is 1. The van der Waals surface area contributed by atoms with Crippen LogP contribution in [0.15, 0.2) is 158 Å². The van der Waals surface area contributed by atoms with E-state index in [1.807, 2.05) is 27.2 Å². The van der Waals surface area contributed by atoms with Crippen LogP contribution < -0.4 is 10.2 Å². The van der Waals surface area contributed by atoms with Crippen molar-refractivity contribution in [3.05, 3.63) is 158 Å². The number of phosphoric acid groups is 1. The Morgan fingerprint density at radius 2 is 0.790 bits per heavy atom. The Labute approximate surface area is 497 Å². The van der Waals surface area contributed by atoms with Gasteiger partial charge in [0.15, 0.2) is 0 Å². The fourth-order valence-electron chi connectivity index (χ4n) is 8.11. The molecule has 0 aliphatic carbocycles. The third-order valence-electron chi connectivity index (χ3n) is 13.0. The fourth-order valence-corrected chi connectivity index (χ4v) is 8.84. The number of amides is 1. The molecular formula is C71H117N2O7P. The van der Waals surface area contributed by atoms with E-state index >= 15 is 0 Å². The van der Waals surface area contributed by atoms with Gasteiger partial charge in [0.1, 0.15) is 19.3 Å². The van der Waals surface area contributed by atoms with Crippen LogP contribution in [0.25, 0.3) is 0 Å². The van der Waals surface area contributed by atoms with Crippen LogP contribution in [0.3, 0.4) is 0 Å². The van der Waals surface area contributed by atoms with Crippen molar-refractivity contribution in [2.45, 2.75) is 238 Å². The number of esters is 1. The quantitative estimate of drug-likeness (QED) is 0.0212. The van der Waals surface area contributed by atoms with Crippen LogP contribution in [-0.4, -0.2) is 69.4 Å². The predicted molar refractivity (Wildman–Crippen MR) is 348 cm³/mol. The summed E-state index contributed by atoms with van der Waals surface area (Å²) in [5.41, 5.74) is 0. The summed E-state index contributed by atoms with van der Waals surface area (Å²) in [6, 6.07) is -0.943. The maximum atomic E-state index is 13.5. The second-order valence-corrected chi connectivity index (χ2v) is 23.2. The van der Waals surface area contributed by atoms with E-state index in [-0.39, 0.29) is 25.4 Å². The first-order chi connectivity index (χ1) is 39.4. The topological polar surface area (TPSA) is 114 Å². The average molecular weight is 1140 g/mol. The maximum absolute atomic E-state index is 13.5.